The molecule has 0 aliphatic carbocycles. The smallest absolute Gasteiger partial charge is 0.123 e. The van der Waals surface area contributed by atoms with Gasteiger partial charge in [-0.25, -0.2) is 4.39 Å². The second-order valence-corrected chi connectivity index (χ2v) is 6.96. The molecule has 24 heavy (non-hydrogen) atoms. The van der Waals surface area contributed by atoms with E-state index < -0.39 is 0 Å². The Kier molecular flexibility index (Phi) is 3.20. The number of anilines is 1. The fourth-order valence-corrected chi connectivity index (χ4v) is 4.51. The highest BCUT2D eigenvalue weighted by atomic mass is 19.1. The van der Waals surface area contributed by atoms with Gasteiger partial charge in [0.25, 0.3) is 0 Å². The predicted octanol–water partition coefficient (Wildman–Crippen LogP) is 3.84. The van der Waals surface area contributed by atoms with Gasteiger partial charge in [0.2, 0.25) is 0 Å². The third kappa shape index (κ3) is 2.09. The lowest BCUT2D eigenvalue weighted by Crippen LogP contribution is -2.56. The summed E-state index contributed by atoms with van der Waals surface area (Å²) in [4.78, 5) is 2.57. The molecule has 0 N–H and O–H groups in total. The highest BCUT2D eigenvalue weighted by Gasteiger charge is 2.49. The minimum Gasteiger partial charge on any atom is -0.293 e. The number of para-hydroxylation sites is 1. The van der Waals surface area contributed by atoms with Crippen LogP contribution in [0.3, 0.4) is 0 Å². The Hall–Kier alpha value is -2.20. The lowest BCUT2D eigenvalue weighted by Gasteiger charge is -2.46. The van der Waals surface area contributed by atoms with Crippen LogP contribution in [0.15, 0.2) is 59.7 Å². The summed E-state index contributed by atoms with van der Waals surface area (Å²) in [6.45, 7) is 2.29. The van der Waals surface area contributed by atoms with Crippen molar-refractivity contribution in [2.45, 2.75) is 24.9 Å². The quantitative estimate of drug-likeness (QED) is 0.837. The summed E-state index contributed by atoms with van der Waals surface area (Å²) >= 11 is 0. The molecule has 0 amide bonds. The lowest BCUT2D eigenvalue weighted by atomic mass is 9.78. The van der Waals surface area contributed by atoms with Crippen LogP contribution in [-0.2, 0) is 0 Å². The molecular weight excluding hydrogens is 301 g/mol. The number of nitrogens with zero attached hydrogens (tertiary/aromatic N) is 3. The van der Waals surface area contributed by atoms with Crippen LogP contribution in [0, 0.1) is 11.7 Å². The number of hydrazone groups is 1. The molecule has 2 aromatic rings. The molecule has 122 valence electrons. The fraction of sp³-hybridized carbons (Fsp3) is 0.350. The van der Waals surface area contributed by atoms with Crippen molar-refractivity contribution >= 4 is 11.4 Å². The zero-order valence-corrected chi connectivity index (χ0v) is 13.5. The third-order valence-electron chi connectivity index (χ3n) is 5.66. The average Bonchev–Trinajstić information content (AvgIpc) is 3.07. The van der Waals surface area contributed by atoms with Gasteiger partial charge in [-0.1, -0.05) is 30.3 Å². The number of benzene rings is 2. The highest BCUT2D eigenvalue weighted by molar-refractivity contribution is 5.97. The standard InChI is InChI=1S/C20H20FN3/c21-16-8-6-15(7-9-16)19-20-18(14-10-12-23(20)13-11-14)22-24(19)17-4-2-1-3-5-17/h1-9,14,19-20H,10-13H2. The Morgan fingerprint density at radius 3 is 2.29 bits per heavy atom. The topological polar surface area (TPSA) is 18.8 Å². The molecule has 2 aromatic carbocycles. The molecule has 6 rings (SSSR count). The predicted molar refractivity (Wildman–Crippen MR) is 93.6 cm³/mol. The maximum atomic E-state index is 13.4. The Morgan fingerprint density at radius 1 is 0.875 bits per heavy atom. The van der Waals surface area contributed by atoms with Crippen LogP contribution in [0.4, 0.5) is 10.1 Å². The van der Waals surface area contributed by atoms with E-state index in [1.807, 2.05) is 30.3 Å². The van der Waals surface area contributed by atoms with Crippen LogP contribution in [0.25, 0.3) is 0 Å². The molecule has 2 atom stereocenters. The van der Waals surface area contributed by atoms with E-state index in [1.54, 1.807) is 12.1 Å². The number of hydrogen-bond donors (Lipinski definition) is 0. The summed E-state index contributed by atoms with van der Waals surface area (Å²) < 4.78 is 13.4. The first-order valence-electron chi connectivity index (χ1n) is 8.73. The Bertz CT molecular complexity index is 763. The van der Waals surface area contributed by atoms with Crippen LogP contribution in [0.2, 0.25) is 0 Å². The Labute approximate surface area is 141 Å². The van der Waals surface area contributed by atoms with Gasteiger partial charge in [0.05, 0.1) is 23.5 Å². The molecule has 0 aromatic heterocycles. The SMILES string of the molecule is Fc1ccc(C2C3C(=NN2c2ccccc2)C2CCN3CC2)cc1. The van der Waals surface area contributed by atoms with Crippen molar-refractivity contribution in [1.29, 1.82) is 0 Å². The molecule has 3 nitrogen and oxygen atoms in total. The largest absolute Gasteiger partial charge is 0.293 e. The van der Waals surface area contributed by atoms with E-state index in [9.17, 15) is 4.39 Å². The molecule has 0 radical (unpaired) electrons. The van der Waals surface area contributed by atoms with Crippen LogP contribution < -0.4 is 5.01 Å². The molecule has 2 bridgehead atoms. The van der Waals surface area contributed by atoms with Crippen LogP contribution >= 0.6 is 0 Å². The summed E-state index contributed by atoms with van der Waals surface area (Å²) in [5.74, 6) is 0.422. The van der Waals surface area contributed by atoms with Crippen LogP contribution in [0.5, 0.6) is 0 Å². The van der Waals surface area contributed by atoms with Crippen molar-refractivity contribution in [3.63, 3.8) is 0 Å². The first kappa shape index (κ1) is 14.2. The van der Waals surface area contributed by atoms with Gasteiger partial charge in [0.15, 0.2) is 0 Å². The second-order valence-electron chi connectivity index (χ2n) is 6.96. The summed E-state index contributed by atoms with van der Waals surface area (Å²) in [7, 11) is 0. The van der Waals surface area contributed by atoms with E-state index in [2.05, 4.69) is 22.0 Å². The van der Waals surface area contributed by atoms with E-state index in [0.717, 1.165) is 24.3 Å². The number of hydrogen-bond acceptors (Lipinski definition) is 3. The van der Waals surface area contributed by atoms with E-state index in [1.165, 1.54) is 18.6 Å². The number of piperidine rings is 3. The van der Waals surface area contributed by atoms with Crippen molar-refractivity contribution in [2.75, 3.05) is 18.1 Å². The maximum Gasteiger partial charge on any atom is 0.123 e. The first-order valence-corrected chi connectivity index (χ1v) is 8.73. The summed E-state index contributed by atoms with van der Waals surface area (Å²) in [6.07, 6.45) is 2.43. The van der Waals surface area contributed by atoms with E-state index in [4.69, 9.17) is 5.10 Å². The van der Waals surface area contributed by atoms with Crippen molar-refractivity contribution in [3.8, 4) is 0 Å². The van der Waals surface area contributed by atoms with E-state index in [-0.39, 0.29) is 11.9 Å². The van der Waals surface area contributed by atoms with Crippen molar-refractivity contribution in [3.05, 3.63) is 66.0 Å². The van der Waals surface area contributed by atoms with E-state index >= 15 is 0 Å². The summed E-state index contributed by atoms with van der Waals surface area (Å²) in [5.41, 5.74) is 3.57. The van der Waals surface area contributed by atoms with Crippen molar-refractivity contribution in [1.82, 2.24) is 4.90 Å². The molecule has 4 heteroatoms. The van der Waals surface area contributed by atoms with Gasteiger partial charge in [-0.2, -0.15) is 5.10 Å². The van der Waals surface area contributed by atoms with Gasteiger partial charge < -0.3 is 0 Å². The van der Waals surface area contributed by atoms with Crippen LogP contribution in [0.1, 0.15) is 24.4 Å². The molecule has 4 heterocycles. The van der Waals surface area contributed by atoms with Gasteiger partial charge in [0.1, 0.15) is 5.82 Å². The van der Waals surface area contributed by atoms with Crippen molar-refractivity contribution < 1.29 is 4.39 Å². The van der Waals surface area contributed by atoms with Gasteiger partial charge in [-0.05, 0) is 55.8 Å². The molecular formula is C20H20FN3. The summed E-state index contributed by atoms with van der Waals surface area (Å²) in [6, 6.07) is 17.7. The summed E-state index contributed by atoms with van der Waals surface area (Å²) in [5, 5.41) is 7.21. The monoisotopic (exact) mass is 321 g/mol. The Morgan fingerprint density at radius 2 is 1.58 bits per heavy atom. The maximum absolute atomic E-state index is 13.4. The third-order valence-corrected chi connectivity index (χ3v) is 5.66. The first-order chi connectivity index (χ1) is 11.8. The highest BCUT2D eigenvalue weighted by Crippen LogP contribution is 2.44. The number of halogens is 1. The zero-order valence-electron chi connectivity index (χ0n) is 13.5. The molecule has 3 saturated heterocycles. The van der Waals surface area contributed by atoms with Gasteiger partial charge >= 0.3 is 0 Å². The lowest BCUT2D eigenvalue weighted by molar-refractivity contribution is 0.137. The van der Waals surface area contributed by atoms with Gasteiger partial charge in [0, 0.05) is 5.92 Å². The van der Waals surface area contributed by atoms with Gasteiger partial charge in [-0.3, -0.25) is 9.91 Å². The number of rotatable bonds is 2. The number of fused-ring (bicyclic) bond motifs is 2. The second kappa shape index (κ2) is 5.42. The van der Waals surface area contributed by atoms with Crippen LogP contribution in [-0.4, -0.2) is 29.7 Å². The minimum absolute atomic E-state index is 0.131. The Balaban J connectivity index is 1.62. The van der Waals surface area contributed by atoms with Gasteiger partial charge in [-0.15, -0.1) is 0 Å². The molecule has 4 aliphatic heterocycles. The molecule has 2 unspecified atom stereocenters. The average molecular weight is 321 g/mol. The normalized spacial score (nSPS) is 31.0. The molecule has 4 aliphatic rings. The van der Waals surface area contributed by atoms with E-state index in [0.29, 0.717) is 12.0 Å². The van der Waals surface area contributed by atoms with Crippen molar-refractivity contribution in [2.24, 2.45) is 11.0 Å². The molecule has 3 fully saturated rings. The minimum atomic E-state index is -0.186. The molecule has 0 saturated carbocycles. The zero-order chi connectivity index (χ0) is 16.1. The fourth-order valence-electron chi connectivity index (χ4n) is 4.51. The molecule has 0 spiro atoms.